The number of benzene rings is 1. The van der Waals surface area contributed by atoms with Crippen LogP contribution in [0.3, 0.4) is 0 Å². The summed E-state index contributed by atoms with van der Waals surface area (Å²) < 4.78 is 1.93. The molecule has 0 saturated carbocycles. The number of nitrogens with one attached hydrogen (secondary N) is 3. The number of carbonyl (C=O) groups excluding carboxylic acids is 2. The Labute approximate surface area is 200 Å². The number of aromatic nitrogens is 2. The number of anilines is 1. The molecule has 178 valence electrons. The van der Waals surface area contributed by atoms with E-state index in [4.69, 9.17) is 0 Å². The Balaban J connectivity index is 1.60. The number of pyridine rings is 1. The van der Waals surface area contributed by atoms with Gasteiger partial charge in [0.25, 0.3) is 5.91 Å². The standard InChI is InChI=1S/C27H33N5O2/c1-17-21(19-15-23(31-26(34)28-5)24-29-13-14-32(24)16-19)7-6-8-22(17)30-25(33)18-9-11-20(12-10-18)27(2,3)4/h9-16,21H,6-8H2,1-5H3,(H,30,33)(H2,28,31,34). The maximum atomic E-state index is 13.0. The van der Waals surface area contributed by atoms with E-state index < -0.39 is 0 Å². The predicted molar refractivity (Wildman–Crippen MR) is 135 cm³/mol. The Hall–Kier alpha value is -3.61. The summed E-state index contributed by atoms with van der Waals surface area (Å²) in [4.78, 5) is 29.3. The van der Waals surface area contributed by atoms with Gasteiger partial charge in [-0.2, -0.15) is 0 Å². The zero-order valence-corrected chi connectivity index (χ0v) is 20.5. The molecule has 0 radical (unpaired) electrons. The number of rotatable bonds is 4. The highest BCUT2D eigenvalue weighted by molar-refractivity contribution is 5.95. The van der Waals surface area contributed by atoms with Crippen LogP contribution in [0.15, 0.2) is 60.2 Å². The molecule has 0 spiro atoms. The summed E-state index contributed by atoms with van der Waals surface area (Å²) in [6, 6.07) is 9.55. The van der Waals surface area contributed by atoms with Gasteiger partial charge in [-0.15, -0.1) is 0 Å². The first-order chi connectivity index (χ1) is 16.2. The third-order valence-electron chi connectivity index (χ3n) is 6.58. The molecule has 1 aromatic carbocycles. The number of hydrogen-bond acceptors (Lipinski definition) is 3. The highest BCUT2D eigenvalue weighted by atomic mass is 16.2. The minimum absolute atomic E-state index is 0.0482. The lowest BCUT2D eigenvalue weighted by molar-refractivity contribution is 0.0963. The van der Waals surface area contributed by atoms with Gasteiger partial charge in [-0.3, -0.25) is 4.79 Å². The Bertz CT molecular complexity index is 1250. The van der Waals surface area contributed by atoms with E-state index in [1.54, 1.807) is 13.2 Å². The van der Waals surface area contributed by atoms with Crippen molar-refractivity contribution in [1.29, 1.82) is 0 Å². The second kappa shape index (κ2) is 9.33. The molecule has 1 atom stereocenters. The zero-order valence-electron chi connectivity index (χ0n) is 20.5. The molecule has 3 N–H and O–H groups in total. The number of amides is 3. The van der Waals surface area contributed by atoms with Gasteiger partial charge >= 0.3 is 6.03 Å². The molecule has 2 heterocycles. The zero-order chi connectivity index (χ0) is 24.5. The molecule has 3 amide bonds. The van der Waals surface area contributed by atoms with Gasteiger partial charge in [0.2, 0.25) is 0 Å². The Kier molecular flexibility index (Phi) is 6.46. The van der Waals surface area contributed by atoms with Crippen LogP contribution >= 0.6 is 0 Å². The number of fused-ring (bicyclic) bond motifs is 1. The van der Waals surface area contributed by atoms with Crippen LogP contribution < -0.4 is 16.0 Å². The third kappa shape index (κ3) is 4.83. The van der Waals surface area contributed by atoms with Crippen molar-refractivity contribution < 1.29 is 9.59 Å². The molecule has 4 rings (SSSR count). The van der Waals surface area contributed by atoms with Crippen LogP contribution in [0, 0.1) is 0 Å². The van der Waals surface area contributed by atoms with Gasteiger partial charge in [-0.25, -0.2) is 9.78 Å². The number of carbonyl (C=O) groups is 2. The van der Waals surface area contributed by atoms with Gasteiger partial charge < -0.3 is 20.4 Å². The first-order valence-electron chi connectivity index (χ1n) is 11.7. The maximum absolute atomic E-state index is 13.0. The average molecular weight is 460 g/mol. The molecular weight excluding hydrogens is 426 g/mol. The summed E-state index contributed by atoms with van der Waals surface area (Å²) >= 11 is 0. The van der Waals surface area contributed by atoms with Crippen molar-refractivity contribution in [1.82, 2.24) is 20.0 Å². The number of hydrogen-bond donors (Lipinski definition) is 3. The van der Waals surface area contributed by atoms with Crippen molar-refractivity contribution in [3.8, 4) is 0 Å². The second-order valence-corrected chi connectivity index (χ2v) is 9.94. The Morgan fingerprint density at radius 3 is 2.53 bits per heavy atom. The van der Waals surface area contributed by atoms with E-state index in [2.05, 4.69) is 54.8 Å². The molecule has 0 fully saturated rings. The fourth-order valence-corrected chi connectivity index (χ4v) is 4.54. The lowest BCUT2D eigenvalue weighted by Gasteiger charge is -2.28. The summed E-state index contributed by atoms with van der Waals surface area (Å²) in [5.41, 5.74) is 6.47. The molecule has 0 aliphatic heterocycles. The van der Waals surface area contributed by atoms with Crippen LogP contribution in [-0.2, 0) is 5.41 Å². The molecule has 3 aromatic rings. The van der Waals surface area contributed by atoms with Crippen molar-refractivity contribution in [3.63, 3.8) is 0 Å². The molecule has 0 bridgehead atoms. The lowest BCUT2D eigenvalue weighted by atomic mass is 9.82. The Morgan fingerprint density at radius 2 is 1.85 bits per heavy atom. The molecule has 7 nitrogen and oxygen atoms in total. The van der Waals surface area contributed by atoms with E-state index in [1.165, 1.54) is 5.56 Å². The lowest BCUT2D eigenvalue weighted by Crippen LogP contribution is -2.27. The minimum atomic E-state index is -0.289. The van der Waals surface area contributed by atoms with Crippen molar-refractivity contribution in [2.75, 3.05) is 12.4 Å². The average Bonchev–Trinajstić information content (AvgIpc) is 3.29. The molecule has 7 heteroatoms. The SMILES string of the molecule is CNC(=O)Nc1cc(C2CCCC(NC(=O)c3ccc(C(C)(C)C)cc3)=C2C)cn2ccnc12. The number of nitrogens with zero attached hydrogens (tertiary/aromatic N) is 2. The third-order valence-corrected chi connectivity index (χ3v) is 6.58. The monoisotopic (exact) mass is 459 g/mol. The van der Waals surface area contributed by atoms with Crippen molar-refractivity contribution in [2.24, 2.45) is 0 Å². The predicted octanol–water partition coefficient (Wildman–Crippen LogP) is 5.35. The topological polar surface area (TPSA) is 87.5 Å². The van der Waals surface area contributed by atoms with Crippen molar-refractivity contribution in [2.45, 2.75) is 58.3 Å². The highest BCUT2D eigenvalue weighted by Gasteiger charge is 2.25. The molecule has 34 heavy (non-hydrogen) atoms. The van der Waals surface area contributed by atoms with Crippen LogP contribution in [0.1, 0.15) is 74.4 Å². The summed E-state index contributed by atoms with van der Waals surface area (Å²) in [5.74, 6) is 0.0619. The normalized spacial score (nSPS) is 16.4. The largest absolute Gasteiger partial charge is 0.341 e. The second-order valence-electron chi connectivity index (χ2n) is 9.94. The van der Waals surface area contributed by atoms with Gasteiger partial charge in [0.05, 0.1) is 5.69 Å². The van der Waals surface area contributed by atoms with E-state index in [-0.39, 0.29) is 23.3 Å². The first kappa shape index (κ1) is 23.5. The van der Waals surface area contributed by atoms with E-state index in [1.807, 2.05) is 40.9 Å². The van der Waals surface area contributed by atoms with Crippen molar-refractivity contribution >= 4 is 23.3 Å². The van der Waals surface area contributed by atoms with Crippen LogP contribution in [0.4, 0.5) is 10.5 Å². The summed E-state index contributed by atoms with van der Waals surface area (Å²) in [6.45, 7) is 8.57. The van der Waals surface area contributed by atoms with Gasteiger partial charge in [0.15, 0.2) is 5.65 Å². The van der Waals surface area contributed by atoms with Crippen LogP contribution in [0.5, 0.6) is 0 Å². The molecule has 1 unspecified atom stereocenters. The van der Waals surface area contributed by atoms with E-state index in [0.717, 1.165) is 36.1 Å². The molecule has 2 aromatic heterocycles. The molecule has 1 aliphatic carbocycles. The van der Waals surface area contributed by atoms with Gasteiger partial charge in [-0.1, -0.05) is 32.9 Å². The fourth-order valence-electron chi connectivity index (χ4n) is 4.54. The number of urea groups is 1. The van der Waals surface area contributed by atoms with E-state index in [0.29, 0.717) is 16.9 Å². The van der Waals surface area contributed by atoms with Gasteiger partial charge in [-0.05, 0) is 66.5 Å². The quantitative estimate of drug-likeness (QED) is 0.491. The Morgan fingerprint density at radius 1 is 1.12 bits per heavy atom. The van der Waals surface area contributed by atoms with Gasteiger partial charge in [0, 0.05) is 42.8 Å². The molecular formula is C27H33N5O2. The number of allylic oxidation sites excluding steroid dienone is 2. The smallest absolute Gasteiger partial charge is 0.319 e. The number of imidazole rings is 1. The van der Waals surface area contributed by atoms with Gasteiger partial charge in [0.1, 0.15) is 0 Å². The van der Waals surface area contributed by atoms with E-state index in [9.17, 15) is 9.59 Å². The minimum Gasteiger partial charge on any atom is -0.341 e. The van der Waals surface area contributed by atoms with E-state index >= 15 is 0 Å². The van der Waals surface area contributed by atoms with Crippen LogP contribution in [0.2, 0.25) is 0 Å². The molecule has 0 saturated heterocycles. The summed E-state index contributed by atoms with van der Waals surface area (Å²) in [7, 11) is 1.58. The van der Waals surface area contributed by atoms with Crippen LogP contribution in [0.25, 0.3) is 5.65 Å². The fraction of sp³-hybridized carbons (Fsp3) is 0.370. The van der Waals surface area contributed by atoms with Crippen LogP contribution in [-0.4, -0.2) is 28.4 Å². The maximum Gasteiger partial charge on any atom is 0.319 e. The summed E-state index contributed by atoms with van der Waals surface area (Å²) in [6.07, 6.45) is 8.44. The highest BCUT2D eigenvalue weighted by Crippen LogP contribution is 2.38. The van der Waals surface area contributed by atoms with Crippen molar-refractivity contribution in [3.05, 3.63) is 76.9 Å². The molecule has 1 aliphatic rings. The summed E-state index contributed by atoms with van der Waals surface area (Å²) in [5, 5.41) is 8.64. The first-order valence-corrected chi connectivity index (χ1v) is 11.7.